The molecule has 19 heavy (non-hydrogen) atoms. The first-order chi connectivity index (χ1) is 8.97. The fourth-order valence-electron chi connectivity index (χ4n) is 2.10. The van der Waals surface area contributed by atoms with Gasteiger partial charge in [-0.2, -0.15) is 13.2 Å². The number of benzene rings is 1. The molecule has 1 aromatic rings. The summed E-state index contributed by atoms with van der Waals surface area (Å²) in [5.41, 5.74) is 1.66. The third kappa shape index (κ3) is 3.76. The van der Waals surface area contributed by atoms with Gasteiger partial charge in [-0.15, -0.1) is 0 Å². The Morgan fingerprint density at radius 2 is 1.74 bits per heavy atom. The minimum absolute atomic E-state index is 0.535. The van der Waals surface area contributed by atoms with Gasteiger partial charge in [-0.3, -0.25) is 0 Å². The minimum Gasteiger partial charge on any atom is -0.382 e. The molecule has 0 spiro atoms. The van der Waals surface area contributed by atoms with Crippen LogP contribution >= 0.6 is 0 Å². The van der Waals surface area contributed by atoms with Gasteiger partial charge >= 0.3 is 6.18 Å². The van der Waals surface area contributed by atoms with Gasteiger partial charge in [-0.05, 0) is 37.1 Å². The molecule has 0 bridgehead atoms. The van der Waals surface area contributed by atoms with Crippen molar-refractivity contribution in [3.05, 3.63) is 24.3 Å². The van der Waals surface area contributed by atoms with E-state index in [0.29, 0.717) is 5.69 Å². The predicted octanol–water partition coefficient (Wildman–Crippen LogP) is 2.62. The van der Waals surface area contributed by atoms with Gasteiger partial charge < -0.3 is 15.3 Å². The molecule has 3 nitrogen and oxygen atoms in total. The van der Waals surface area contributed by atoms with Crippen LogP contribution in [0.15, 0.2) is 24.3 Å². The Kier molecular flexibility index (Phi) is 4.19. The van der Waals surface area contributed by atoms with Crippen molar-refractivity contribution in [2.45, 2.75) is 25.1 Å². The molecule has 0 radical (unpaired) electrons. The summed E-state index contributed by atoms with van der Waals surface area (Å²) >= 11 is 0. The SMILES string of the molecule is OC(CNc1ccc(N2CCCC2)cc1)C(F)(F)F. The third-order valence-electron chi connectivity index (χ3n) is 3.22. The Bertz CT molecular complexity index is 399. The summed E-state index contributed by atoms with van der Waals surface area (Å²) in [5, 5.41) is 11.5. The Morgan fingerprint density at radius 1 is 1.16 bits per heavy atom. The molecule has 0 saturated carbocycles. The van der Waals surface area contributed by atoms with Crippen LogP contribution in [0.5, 0.6) is 0 Å². The maximum absolute atomic E-state index is 12.1. The van der Waals surface area contributed by atoms with E-state index in [4.69, 9.17) is 5.11 Å². The van der Waals surface area contributed by atoms with Crippen LogP contribution in [0.1, 0.15) is 12.8 Å². The van der Waals surface area contributed by atoms with E-state index in [1.54, 1.807) is 12.1 Å². The molecule has 1 fully saturated rings. The Balaban J connectivity index is 1.88. The van der Waals surface area contributed by atoms with Crippen molar-refractivity contribution in [1.82, 2.24) is 0 Å². The largest absolute Gasteiger partial charge is 0.416 e. The van der Waals surface area contributed by atoms with Crippen molar-refractivity contribution < 1.29 is 18.3 Å². The van der Waals surface area contributed by atoms with Crippen LogP contribution in [0.25, 0.3) is 0 Å². The van der Waals surface area contributed by atoms with Gasteiger partial charge in [0.2, 0.25) is 0 Å². The number of anilines is 2. The zero-order valence-corrected chi connectivity index (χ0v) is 10.5. The van der Waals surface area contributed by atoms with E-state index in [1.807, 2.05) is 12.1 Å². The van der Waals surface area contributed by atoms with Crippen molar-refractivity contribution in [2.75, 3.05) is 29.9 Å². The van der Waals surface area contributed by atoms with E-state index < -0.39 is 18.8 Å². The lowest BCUT2D eigenvalue weighted by Gasteiger charge is -2.19. The quantitative estimate of drug-likeness (QED) is 0.886. The maximum atomic E-state index is 12.1. The summed E-state index contributed by atoms with van der Waals surface area (Å²) in [7, 11) is 0. The van der Waals surface area contributed by atoms with Crippen LogP contribution in [-0.2, 0) is 0 Å². The summed E-state index contributed by atoms with van der Waals surface area (Å²) in [5.74, 6) is 0. The van der Waals surface area contributed by atoms with Gasteiger partial charge in [0, 0.05) is 31.0 Å². The summed E-state index contributed by atoms with van der Waals surface area (Å²) in [4.78, 5) is 2.24. The lowest BCUT2D eigenvalue weighted by atomic mass is 10.2. The molecule has 1 aliphatic rings. The lowest BCUT2D eigenvalue weighted by molar-refractivity contribution is -0.198. The molecule has 1 saturated heterocycles. The fraction of sp³-hybridized carbons (Fsp3) is 0.538. The number of alkyl halides is 3. The normalized spacial score (nSPS) is 17.6. The first-order valence-electron chi connectivity index (χ1n) is 6.30. The zero-order valence-electron chi connectivity index (χ0n) is 10.5. The van der Waals surface area contributed by atoms with Gasteiger partial charge in [0.1, 0.15) is 0 Å². The smallest absolute Gasteiger partial charge is 0.382 e. The lowest BCUT2D eigenvalue weighted by Crippen LogP contribution is -2.34. The van der Waals surface area contributed by atoms with Gasteiger partial charge in [0.25, 0.3) is 0 Å². The van der Waals surface area contributed by atoms with Crippen LogP contribution in [0.4, 0.5) is 24.5 Å². The molecule has 2 N–H and O–H groups in total. The highest BCUT2D eigenvalue weighted by atomic mass is 19.4. The molecule has 1 atom stereocenters. The van der Waals surface area contributed by atoms with Gasteiger partial charge in [0.15, 0.2) is 6.10 Å². The molecule has 2 rings (SSSR count). The monoisotopic (exact) mass is 274 g/mol. The predicted molar refractivity (Wildman–Crippen MR) is 68.4 cm³/mol. The fourth-order valence-corrected chi connectivity index (χ4v) is 2.10. The second-order valence-electron chi connectivity index (χ2n) is 4.68. The summed E-state index contributed by atoms with van der Waals surface area (Å²) in [6, 6.07) is 7.23. The van der Waals surface area contributed by atoms with Crippen LogP contribution in [0, 0.1) is 0 Å². The molecule has 1 unspecified atom stereocenters. The highest BCUT2D eigenvalue weighted by Gasteiger charge is 2.37. The molecule has 1 heterocycles. The number of rotatable bonds is 4. The maximum Gasteiger partial charge on any atom is 0.416 e. The van der Waals surface area contributed by atoms with Crippen molar-refractivity contribution in [3.8, 4) is 0 Å². The first kappa shape index (κ1) is 14.0. The van der Waals surface area contributed by atoms with Gasteiger partial charge in [-0.25, -0.2) is 0 Å². The topological polar surface area (TPSA) is 35.5 Å². The van der Waals surface area contributed by atoms with Crippen LogP contribution < -0.4 is 10.2 Å². The average Bonchev–Trinajstić information content (AvgIpc) is 2.89. The molecular weight excluding hydrogens is 257 g/mol. The van der Waals surface area contributed by atoms with E-state index in [1.165, 1.54) is 12.8 Å². The highest BCUT2D eigenvalue weighted by Crippen LogP contribution is 2.23. The summed E-state index contributed by atoms with van der Waals surface area (Å²) in [6.07, 6.45) is -4.57. The van der Waals surface area contributed by atoms with E-state index in [2.05, 4.69) is 10.2 Å². The number of hydrogen-bond acceptors (Lipinski definition) is 3. The number of nitrogens with one attached hydrogen (secondary N) is 1. The van der Waals surface area contributed by atoms with Crippen LogP contribution in [0.3, 0.4) is 0 Å². The number of nitrogens with zero attached hydrogens (tertiary/aromatic N) is 1. The molecule has 0 aliphatic carbocycles. The molecular formula is C13H17F3N2O. The van der Waals surface area contributed by atoms with Gasteiger partial charge in [-0.1, -0.05) is 0 Å². The number of aliphatic hydroxyl groups is 1. The highest BCUT2D eigenvalue weighted by molar-refractivity contribution is 5.55. The first-order valence-corrected chi connectivity index (χ1v) is 6.30. The number of halogens is 3. The second kappa shape index (κ2) is 5.69. The van der Waals surface area contributed by atoms with Crippen LogP contribution in [-0.4, -0.2) is 37.0 Å². The molecule has 0 amide bonds. The summed E-state index contributed by atoms with van der Waals surface area (Å²) < 4.78 is 36.4. The average molecular weight is 274 g/mol. The number of aliphatic hydroxyl groups excluding tert-OH is 1. The molecule has 1 aromatic carbocycles. The Morgan fingerprint density at radius 3 is 2.26 bits per heavy atom. The molecule has 6 heteroatoms. The Hall–Kier alpha value is -1.43. The molecule has 0 aromatic heterocycles. The summed E-state index contributed by atoms with van der Waals surface area (Å²) in [6.45, 7) is 1.52. The van der Waals surface area contributed by atoms with Crippen molar-refractivity contribution in [2.24, 2.45) is 0 Å². The Labute approximate surface area is 110 Å². The van der Waals surface area contributed by atoms with E-state index in [0.717, 1.165) is 18.8 Å². The van der Waals surface area contributed by atoms with Crippen molar-refractivity contribution in [1.29, 1.82) is 0 Å². The van der Waals surface area contributed by atoms with E-state index in [9.17, 15) is 13.2 Å². The van der Waals surface area contributed by atoms with Crippen molar-refractivity contribution >= 4 is 11.4 Å². The minimum atomic E-state index is -4.58. The van der Waals surface area contributed by atoms with Gasteiger partial charge in [0.05, 0.1) is 0 Å². The molecule has 106 valence electrons. The standard InChI is InChI=1S/C13H17F3N2O/c14-13(15,16)12(19)9-17-10-3-5-11(6-4-10)18-7-1-2-8-18/h3-6,12,17,19H,1-2,7-9H2. The number of hydrogen-bond donors (Lipinski definition) is 2. The zero-order chi connectivity index (χ0) is 13.9. The van der Waals surface area contributed by atoms with E-state index >= 15 is 0 Å². The van der Waals surface area contributed by atoms with E-state index in [-0.39, 0.29) is 0 Å². The second-order valence-corrected chi connectivity index (χ2v) is 4.68. The molecule has 1 aliphatic heterocycles. The van der Waals surface area contributed by atoms with Crippen molar-refractivity contribution in [3.63, 3.8) is 0 Å². The van der Waals surface area contributed by atoms with Crippen LogP contribution in [0.2, 0.25) is 0 Å². The third-order valence-corrected chi connectivity index (χ3v) is 3.22.